The lowest BCUT2D eigenvalue weighted by atomic mass is 9.95. The van der Waals surface area contributed by atoms with Crippen LogP contribution in [0.5, 0.6) is 0 Å². The first kappa shape index (κ1) is 9.22. The van der Waals surface area contributed by atoms with Crippen LogP contribution in [0.15, 0.2) is 11.4 Å². The van der Waals surface area contributed by atoms with Gasteiger partial charge in [-0.2, -0.15) is 0 Å². The third-order valence-electron chi connectivity index (χ3n) is 2.93. The molecule has 1 aromatic rings. The molecule has 0 radical (unpaired) electrons. The van der Waals surface area contributed by atoms with Crippen LogP contribution in [0.3, 0.4) is 0 Å². The summed E-state index contributed by atoms with van der Waals surface area (Å²) in [5, 5.41) is 5.93. The lowest BCUT2D eigenvalue weighted by molar-refractivity contribution is 0.390. The maximum Gasteiger partial charge on any atom is 0.0331 e. The molecule has 13 heavy (non-hydrogen) atoms. The fraction of sp³-hybridized carbons (Fsp3) is 0.636. The molecule has 1 aliphatic heterocycles. The SMILES string of the molecule is CCC1Cc2sccc2C(CC)N1. The molecule has 0 aliphatic carbocycles. The standard InChI is InChI=1S/C11H17NS/c1-3-8-7-11-9(5-6-13-11)10(4-2)12-8/h5-6,8,10,12H,3-4,7H2,1-2H3. The van der Waals surface area contributed by atoms with Crippen molar-refractivity contribution < 1.29 is 0 Å². The number of hydrogen-bond donors (Lipinski definition) is 1. The van der Waals surface area contributed by atoms with E-state index >= 15 is 0 Å². The summed E-state index contributed by atoms with van der Waals surface area (Å²) in [6, 6.07) is 3.60. The van der Waals surface area contributed by atoms with E-state index in [-0.39, 0.29) is 0 Å². The lowest BCUT2D eigenvalue weighted by Gasteiger charge is -2.30. The summed E-state index contributed by atoms with van der Waals surface area (Å²) in [5.74, 6) is 0. The molecule has 1 N–H and O–H groups in total. The van der Waals surface area contributed by atoms with Crippen LogP contribution in [-0.4, -0.2) is 6.04 Å². The predicted molar refractivity (Wildman–Crippen MR) is 58.3 cm³/mol. The maximum atomic E-state index is 3.70. The van der Waals surface area contributed by atoms with Crippen LogP contribution in [0.4, 0.5) is 0 Å². The fourth-order valence-electron chi connectivity index (χ4n) is 2.08. The molecule has 0 saturated heterocycles. The molecule has 0 fully saturated rings. The first-order chi connectivity index (χ1) is 6.35. The van der Waals surface area contributed by atoms with Gasteiger partial charge in [0.25, 0.3) is 0 Å². The average molecular weight is 195 g/mol. The van der Waals surface area contributed by atoms with E-state index in [1.54, 1.807) is 10.4 Å². The van der Waals surface area contributed by atoms with Crippen molar-refractivity contribution in [2.45, 2.75) is 45.2 Å². The largest absolute Gasteiger partial charge is 0.307 e. The molecule has 1 aromatic heterocycles. The molecule has 2 rings (SSSR count). The second kappa shape index (κ2) is 3.81. The van der Waals surface area contributed by atoms with Crippen molar-refractivity contribution in [2.75, 3.05) is 0 Å². The molecule has 2 heteroatoms. The zero-order valence-corrected chi connectivity index (χ0v) is 9.16. The smallest absolute Gasteiger partial charge is 0.0331 e. The van der Waals surface area contributed by atoms with Crippen LogP contribution in [0, 0.1) is 0 Å². The zero-order valence-electron chi connectivity index (χ0n) is 8.34. The van der Waals surface area contributed by atoms with Crippen molar-refractivity contribution in [3.63, 3.8) is 0 Å². The lowest BCUT2D eigenvalue weighted by Crippen LogP contribution is -2.37. The van der Waals surface area contributed by atoms with E-state index in [4.69, 9.17) is 0 Å². The van der Waals surface area contributed by atoms with Crippen molar-refractivity contribution in [1.29, 1.82) is 0 Å². The van der Waals surface area contributed by atoms with E-state index in [9.17, 15) is 0 Å². The first-order valence-corrected chi connectivity index (χ1v) is 6.05. The molecule has 1 aliphatic rings. The van der Waals surface area contributed by atoms with E-state index in [0.29, 0.717) is 12.1 Å². The number of rotatable bonds is 2. The van der Waals surface area contributed by atoms with E-state index in [2.05, 4.69) is 30.6 Å². The van der Waals surface area contributed by atoms with Crippen molar-refractivity contribution in [3.05, 3.63) is 21.9 Å². The second-order valence-electron chi connectivity index (χ2n) is 3.74. The molecule has 0 spiro atoms. The Morgan fingerprint density at radius 3 is 3.00 bits per heavy atom. The highest BCUT2D eigenvalue weighted by Gasteiger charge is 2.24. The Hall–Kier alpha value is -0.340. The van der Waals surface area contributed by atoms with Gasteiger partial charge in [-0.1, -0.05) is 13.8 Å². The molecule has 72 valence electrons. The summed E-state index contributed by atoms with van der Waals surface area (Å²) in [6.45, 7) is 4.53. The molecule has 2 unspecified atom stereocenters. The highest BCUT2D eigenvalue weighted by atomic mass is 32.1. The van der Waals surface area contributed by atoms with E-state index in [0.717, 1.165) is 0 Å². The molecule has 0 aromatic carbocycles. The molecule has 0 bridgehead atoms. The van der Waals surface area contributed by atoms with Gasteiger partial charge in [-0.25, -0.2) is 0 Å². The van der Waals surface area contributed by atoms with Gasteiger partial charge < -0.3 is 5.32 Å². The van der Waals surface area contributed by atoms with Crippen LogP contribution < -0.4 is 5.32 Å². The van der Waals surface area contributed by atoms with Gasteiger partial charge >= 0.3 is 0 Å². The predicted octanol–water partition coefficient (Wildman–Crippen LogP) is 3.12. The Labute approximate surface area is 84.2 Å². The number of nitrogens with one attached hydrogen (secondary N) is 1. The molecular formula is C11H17NS. The monoisotopic (exact) mass is 195 g/mol. The highest BCUT2D eigenvalue weighted by molar-refractivity contribution is 7.10. The van der Waals surface area contributed by atoms with Crippen LogP contribution in [0.2, 0.25) is 0 Å². The van der Waals surface area contributed by atoms with Gasteiger partial charge in [0.2, 0.25) is 0 Å². The highest BCUT2D eigenvalue weighted by Crippen LogP contribution is 2.31. The van der Waals surface area contributed by atoms with Crippen molar-refractivity contribution in [3.8, 4) is 0 Å². The van der Waals surface area contributed by atoms with E-state index < -0.39 is 0 Å². The minimum atomic E-state index is 0.611. The summed E-state index contributed by atoms with van der Waals surface area (Å²) in [4.78, 5) is 1.61. The third kappa shape index (κ3) is 1.65. The van der Waals surface area contributed by atoms with Gasteiger partial charge in [0.15, 0.2) is 0 Å². The topological polar surface area (TPSA) is 12.0 Å². The van der Waals surface area contributed by atoms with Crippen LogP contribution in [-0.2, 0) is 6.42 Å². The van der Waals surface area contributed by atoms with Gasteiger partial charge in [-0.3, -0.25) is 0 Å². The Balaban J connectivity index is 2.25. The summed E-state index contributed by atoms with van der Waals surface area (Å²) >= 11 is 1.92. The van der Waals surface area contributed by atoms with E-state index in [1.807, 2.05) is 11.3 Å². The Morgan fingerprint density at radius 2 is 2.31 bits per heavy atom. The summed E-state index contributed by atoms with van der Waals surface area (Å²) in [5.41, 5.74) is 1.55. The quantitative estimate of drug-likeness (QED) is 0.764. The van der Waals surface area contributed by atoms with Gasteiger partial charge in [-0.05, 0) is 36.3 Å². The maximum absolute atomic E-state index is 3.70. The summed E-state index contributed by atoms with van der Waals surface area (Å²) in [6.07, 6.45) is 3.69. The Kier molecular flexibility index (Phi) is 2.70. The van der Waals surface area contributed by atoms with Crippen LogP contribution in [0.25, 0.3) is 0 Å². The van der Waals surface area contributed by atoms with Crippen molar-refractivity contribution in [1.82, 2.24) is 5.32 Å². The van der Waals surface area contributed by atoms with Gasteiger partial charge in [0.05, 0.1) is 0 Å². The normalized spacial score (nSPS) is 27.2. The van der Waals surface area contributed by atoms with Gasteiger partial charge in [-0.15, -0.1) is 11.3 Å². The first-order valence-electron chi connectivity index (χ1n) is 5.17. The van der Waals surface area contributed by atoms with Crippen molar-refractivity contribution in [2.24, 2.45) is 0 Å². The Bertz CT molecular complexity index is 279. The third-order valence-corrected chi connectivity index (χ3v) is 3.88. The van der Waals surface area contributed by atoms with Crippen LogP contribution in [0.1, 0.15) is 43.2 Å². The zero-order chi connectivity index (χ0) is 9.26. The van der Waals surface area contributed by atoms with Crippen molar-refractivity contribution >= 4 is 11.3 Å². The average Bonchev–Trinajstić information content (AvgIpc) is 2.63. The van der Waals surface area contributed by atoms with E-state index in [1.165, 1.54) is 19.3 Å². The Morgan fingerprint density at radius 1 is 1.46 bits per heavy atom. The summed E-state index contributed by atoms with van der Waals surface area (Å²) < 4.78 is 0. The minimum absolute atomic E-state index is 0.611. The summed E-state index contributed by atoms with van der Waals surface area (Å²) in [7, 11) is 0. The number of thiophene rings is 1. The number of hydrogen-bond acceptors (Lipinski definition) is 2. The second-order valence-corrected chi connectivity index (χ2v) is 4.74. The fourth-order valence-corrected chi connectivity index (χ4v) is 3.11. The minimum Gasteiger partial charge on any atom is -0.307 e. The molecule has 2 heterocycles. The van der Waals surface area contributed by atoms with Gasteiger partial charge in [0.1, 0.15) is 0 Å². The molecular weight excluding hydrogens is 178 g/mol. The molecule has 0 saturated carbocycles. The molecule has 1 nitrogen and oxygen atoms in total. The molecule has 2 atom stereocenters. The number of fused-ring (bicyclic) bond motifs is 1. The van der Waals surface area contributed by atoms with Gasteiger partial charge in [0, 0.05) is 17.0 Å². The molecule has 0 amide bonds. The van der Waals surface area contributed by atoms with Crippen LogP contribution >= 0.6 is 11.3 Å².